The Morgan fingerprint density at radius 1 is 1.42 bits per heavy atom. The van der Waals surface area contributed by atoms with Crippen LogP contribution in [0.2, 0.25) is 0 Å². The zero-order valence-electron chi connectivity index (χ0n) is 10.4. The molecule has 1 amide bonds. The van der Waals surface area contributed by atoms with Gasteiger partial charge >= 0.3 is 0 Å². The van der Waals surface area contributed by atoms with Crippen LogP contribution in [0.15, 0.2) is 30.6 Å². The molecule has 0 aliphatic carbocycles. The lowest BCUT2D eigenvalue weighted by atomic mass is 10.1. The lowest BCUT2D eigenvalue weighted by molar-refractivity contribution is 0.100. The van der Waals surface area contributed by atoms with Crippen molar-refractivity contribution in [3.05, 3.63) is 36.2 Å². The number of hydrogen-bond donors (Lipinski definition) is 3. The van der Waals surface area contributed by atoms with Gasteiger partial charge in [-0.15, -0.1) is 5.10 Å². The van der Waals surface area contributed by atoms with Gasteiger partial charge in [-0.1, -0.05) is 5.21 Å². The molecule has 0 fully saturated rings. The fraction of sp³-hybridized carbons (Fsp3) is 0.250. The summed E-state index contributed by atoms with van der Waals surface area (Å²) in [5.41, 5.74) is 12.7. The summed E-state index contributed by atoms with van der Waals surface area (Å²) in [5, 5.41) is 10.7. The molecule has 5 N–H and O–H groups in total. The minimum Gasteiger partial charge on any atom is -0.399 e. The average molecular weight is 260 g/mol. The van der Waals surface area contributed by atoms with Crippen LogP contribution in [0, 0.1) is 0 Å². The second-order valence-corrected chi connectivity index (χ2v) is 4.12. The number of amides is 1. The number of carbonyl (C=O) groups excluding carboxylic acids is 1. The summed E-state index contributed by atoms with van der Waals surface area (Å²) in [7, 11) is 0. The van der Waals surface area contributed by atoms with E-state index in [0.29, 0.717) is 23.5 Å². The fourth-order valence-electron chi connectivity index (χ4n) is 1.74. The van der Waals surface area contributed by atoms with Crippen molar-refractivity contribution in [2.24, 2.45) is 5.73 Å². The summed E-state index contributed by atoms with van der Waals surface area (Å²) in [6, 6.07) is 4.98. The number of aryl methyl sites for hydroxylation is 1. The Morgan fingerprint density at radius 3 is 2.95 bits per heavy atom. The van der Waals surface area contributed by atoms with E-state index in [0.717, 1.165) is 13.0 Å². The second-order valence-electron chi connectivity index (χ2n) is 4.12. The van der Waals surface area contributed by atoms with Gasteiger partial charge in [-0.05, 0) is 24.6 Å². The number of nitrogens with zero attached hydrogens (tertiary/aromatic N) is 3. The molecular weight excluding hydrogens is 244 g/mol. The molecule has 0 bridgehead atoms. The van der Waals surface area contributed by atoms with Gasteiger partial charge in [0.2, 0.25) is 0 Å². The van der Waals surface area contributed by atoms with Gasteiger partial charge in [-0.2, -0.15) is 0 Å². The van der Waals surface area contributed by atoms with E-state index in [1.165, 1.54) is 0 Å². The first-order valence-electron chi connectivity index (χ1n) is 5.94. The van der Waals surface area contributed by atoms with Crippen molar-refractivity contribution in [1.82, 2.24) is 15.0 Å². The van der Waals surface area contributed by atoms with E-state index in [1.807, 2.05) is 0 Å². The van der Waals surface area contributed by atoms with E-state index in [1.54, 1.807) is 35.3 Å². The minimum atomic E-state index is -0.473. The molecule has 7 nitrogen and oxygen atoms in total. The number of rotatable bonds is 6. The monoisotopic (exact) mass is 260 g/mol. The predicted octanol–water partition coefficient (Wildman–Crippen LogP) is 0.461. The van der Waals surface area contributed by atoms with Crippen LogP contribution >= 0.6 is 0 Å². The van der Waals surface area contributed by atoms with Crippen LogP contribution in [-0.2, 0) is 6.54 Å². The van der Waals surface area contributed by atoms with Crippen LogP contribution in [0.4, 0.5) is 11.4 Å². The van der Waals surface area contributed by atoms with E-state index in [2.05, 4.69) is 15.6 Å². The Hall–Kier alpha value is -2.57. The van der Waals surface area contributed by atoms with Gasteiger partial charge in [-0.3, -0.25) is 9.48 Å². The highest BCUT2D eigenvalue weighted by Crippen LogP contribution is 2.18. The van der Waals surface area contributed by atoms with E-state index in [9.17, 15) is 4.79 Å². The topological polar surface area (TPSA) is 112 Å². The van der Waals surface area contributed by atoms with Gasteiger partial charge in [0, 0.05) is 30.7 Å². The number of benzene rings is 1. The molecule has 0 saturated heterocycles. The van der Waals surface area contributed by atoms with E-state index < -0.39 is 5.91 Å². The Bertz CT molecular complexity index is 551. The van der Waals surface area contributed by atoms with Crippen LogP contribution in [0.1, 0.15) is 16.8 Å². The first-order valence-corrected chi connectivity index (χ1v) is 5.94. The van der Waals surface area contributed by atoms with Crippen LogP contribution < -0.4 is 16.8 Å². The van der Waals surface area contributed by atoms with Crippen molar-refractivity contribution in [1.29, 1.82) is 0 Å². The zero-order valence-corrected chi connectivity index (χ0v) is 10.4. The molecule has 100 valence electrons. The summed E-state index contributed by atoms with van der Waals surface area (Å²) in [6.45, 7) is 1.44. The van der Waals surface area contributed by atoms with Crippen LogP contribution in [0.5, 0.6) is 0 Å². The van der Waals surface area contributed by atoms with Gasteiger partial charge in [0.05, 0.1) is 11.8 Å². The number of hydrogen-bond acceptors (Lipinski definition) is 5. The molecule has 0 atom stereocenters. The SMILES string of the molecule is NC(=O)c1ccc(N)cc1NCCCn1ccnn1. The van der Waals surface area contributed by atoms with Crippen molar-refractivity contribution < 1.29 is 4.79 Å². The number of nitrogen functional groups attached to an aromatic ring is 1. The van der Waals surface area contributed by atoms with Crippen molar-refractivity contribution in [2.75, 3.05) is 17.6 Å². The first-order chi connectivity index (χ1) is 9.16. The average Bonchev–Trinajstić information content (AvgIpc) is 2.87. The fourth-order valence-corrected chi connectivity index (χ4v) is 1.74. The molecule has 0 aliphatic rings. The van der Waals surface area contributed by atoms with Gasteiger partial charge in [0.15, 0.2) is 0 Å². The molecular formula is C12H16N6O. The van der Waals surface area contributed by atoms with Crippen molar-refractivity contribution in [3.63, 3.8) is 0 Å². The second kappa shape index (κ2) is 5.85. The van der Waals surface area contributed by atoms with Crippen molar-refractivity contribution in [3.8, 4) is 0 Å². The van der Waals surface area contributed by atoms with E-state index in [4.69, 9.17) is 11.5 Å². The number of carbonyl (C=O) groups is 1. The Kier molecular flexibility index (Phi) is 3.97. The maximum Gasteiger partial charge on any atom is 0.250 e. The number of nitrogens with one attached hydrogen (secondary N) is 1. The number of anilines is 2. The Morgan fingerprint density at radius 2 is 2.26 bits per heavy atom. The molecule has 2 rings (SSSR count). The van der Waals surface area contributed by atoms with E-state index in [-0.39, 0.29) is 0 Å². The molecule has 1 aromatic heterocycles. The third-order valence-corrected chi connectivity index (χ3v) is 2.66. The minimum absolute atomic E-state index is 0.440. The molecule has 0 aliphatic heterocycles. The third-order valence-electron chi connectivity index (χ3n) is 2.66. The molecule has 19 heavy (non-hydrogen) atoms. The maximum atomic E-state index is 11.3. The predicted molar refractivity (Wildman–Crippen MR) is 72.5 cm³/mol. The molecule has 0 radical (unpaired) electrons. The molecule has 7 heteroatoms. The van der Waals surface area contributed by atoms with Crippen molar-refractivity contribution >= 4 is 17.3 Å². The van der Waals surface area contributed by atoms with Crippen LogP contribution in [0.3, 0.4) is 0 Å². The lowest BCUT2D eigenvalue weighted by Gasteiger charge is -2.10. The summed E-state index contributed by atoms with van der Waals surface area (Å²) in [5.74, 6) is -0.473. The molecule has 1 heterocycles. The molecule has 0 spiro atoms. The summed E-state index contributed by atoms with van der Waals surface area (Å²) < 4.78 is 1.75. The maximum absolute atomic E-state index is 11.3. The summed E-state index contributed by atoms with van der Waals surface area (Å²) in [4.78, 5) is 11.3. The third kappa shape index (κ3) is 3.44. The molecule has 1 aromatic carbocycles. The molecule has 2 aromatic rings. The number of primary amides is 1. The zero-order chi connectivity index (χ0) is 13.7. The lowest BCUT2D eigenvalue weighted by Crippen LogP contribution is -2.16. The van der Waals surface area contributed by atoms with Gasteiger partial charge in [-0.25, -0.2) is 0 Å². The highest BCUT2D eigenvalue weighted by atomic mass is 16.1. The van der Waals surface area contributed by atoms with E-state index >= 15 is 0 Å². The van der Waals surface area contributed by atoms with Gasteiger partial charge in [0.1, 0.15) is 0 Å². The number of aromatic nitrogens is 3. The first kappa shape index (κ1) is 12.9. The summed E-state index contributed by atoms with van der Waals surface area (Å²) >= 11 is 0. The smallest absolute Gasteiger partial charge is 0.250 e. The summed E-state index contributed by atoms with van der Waals surface area (Å²) in [6.07, 6.45) is 4.28. The Balaban J connectivity index is 1.91. The quantitative estimate of drug-likeness (QED) is 0.516. The highest BCUT2D eigenvalue weighted by Gasteiger charge is 2.07. The number of nitrogens with two attached hydrogens (primary N) is 2. The molecule has 0 unspecified atom stereocenters. The highest BCUT2D eigenvalue weighted by molar-refractivity contribution is 5.99. The Labute approximate surface area is 110 Å². The van der Waals surface area contributed by atoms with Gasteiger partial charge < -0.3 is 16.8 Å². The molecule has 0 saturated carbocycles. The van der Waals surface area contributed by atoms with Crippen LogP contribution in [0.25, 0.3) is 0 Å². The standard InChI is InChI=1S/C12H16N6O/c13-9-2-3-10(12(14)19)11(8-9)15-4-1-6-18-7-5-16-17-18/h2-3,5,7-8,15H,1,4,6,13H2,(H2,14,19). The largest absolute Gasteiger partial charge is 0.399 e. The van der Waals surface area contributed by atoms with Crippen molar-refractivity contribution in [2.45, 2.75) is 13.0 Å². The van der Waals surface area contributed by atoms with Crippen LogP contribution in [-0.4, -0.2) is 27.4 Å². The normalized spacial score (nSPS) is 10.3. The van der Waals surface area contributed by atoms with Gasteiger partial charge in [0.25, 0.3) is 5.91 Å².